The van der Waals surface area contributed by atoms with Crippen LogP contribution in [0.4, 0.5) is 11.4 Å². The predicted octanol–water partition coefficient (Wildman–Crippen LogP) is 2.28. The number of hydrogen-bond donors (Lipinski definition) is 1. The predicted molar refractivity (Wildman–Crippen MR) is 64.4 cm³/mol. The molecule has 15 heavy (non-hydrogen) atoms. The molecule has 2 heterocycles. The molecular formula is C13H18N2. The molecule has 0 radical (unpaired) electrons. The molecule has 1 aromatic carbocycles. The summed E-state index contributed by atoms with van der Waals surface area (Å²) in [6, 6.07) is 2.20. The molecule has 0 aromatic heterocycles. The van der Waals surface area contributed by atoms with Crippen LogP contribution in [-0.4, -0.2) is 13.1 Å². The molecule has 0 bridgehead atoms. The van der Waals surface area contributed by atoms with Crippen molar-refractivity contribution in [2.75, 3.05) is 23.7 Å². The standard InChI is InChI=1S/C13H18N2/c1-9-11-5-3-7-15-6-2-4-10(13(11)15)8-12(9)14/h8H,2-7,14H2,1H3. The minimum absolute atomic E-state index is 0.993. The van der Waals surface area contributed by atoms with E-state index in [-0.39, 0.29) is 0 Å². The van der Waals surface area contributed by atoms with Gasteiger partial charge in [-0.15, -0.1) is 0 Å². The molecule has 3 rings (SSSR count). The normalized spacial score (nSPS) is 18.9. The second kappa shape index (κ2) is 3.16. The quantitative estimate of drug-likeness (QED) is 0.654. The van der Waals surface area contributed by atoms with Crippen LogP contribution in [0.2, 0.25) is 0 Å². The van der Waals surface area contributed by atoms with Crippen LogP contribution in [0.15, 0.2) is 6.07 Å². The fourth-order valence-corrected chi connectivity index (χ4v) is 3.04. The van der Waals surface area contributed by atoms with Crippen LogP contribution in [0.25, 0.3) is 0 Å². The number of nitrogens with two attached hydrogens (primary N) is 1. The molecule has 2 N–H and O–H groups in total. The van der Waals surface area contributed by atoms with E-state index in [0.29, 0.717) is 0 Å². The van der Waals surface area contributed by atoms with Crippen molar-refractivity contribution in [3.8, 4) is 0 Å². The van der Waals surface area contributed by atoms with E-state index < -0.39 is 0 Å². The average Bonchev–Trinajstić information content (AvgIpc) is 2.26. The first kappa shape index (κ1) is 9.08. The first-order valence-corrected chi connectivity index (χ1v) is 5.93. The first-order chi connectivity index (χ1) is 7.27. The average molecular weight is 202 g/mol. The number of anilines is 2. The number of benzene rings is 1. The third-order valence-corrected chi connectivity index (χ3v) is 3.85. The SMILES string of the molecule is Cc1c(N)cc2c3c1CCCN3CCC2. The summed E-state index contributed by atoms with van der Waals surface area (Å²) in [7, 11) is 0. The summed E-state index contributed by atoms with van der Waals surface area (Å²) in [5.74, 6) is 0. The smallest absolute Gasteiger partial charge is 0.0435 e. The van der Waals surface area contributed by atoms with Crippen LogP contribution >= 0.6 is 0 Å². The van der Waals surface area contributed by atoms with E-state index in [0.717, 1.165) is 5.69 Å². The van der Waals surface area contributed by atoms with Gasteiger partial charge in [0.25, 0.3) is 0 Å². The van der Waals surface area contributed by atoms with E-state index in [1.807, 2.05) is 0 Å². The summed E-state index contributed by atoms with van der Waals surface area (Å²) in [4.78, 5) is 2.56. The zero-order valence-corrected chi connectivity index (χ0v) is 9.34. The Morgan fingerprint density at radius 3 is 2.73 bits per heavy atom. The van der Waals surface area contributed by atoms with Crippen molar-refractivity contribution in [2.24, 2.45) is 0 Å². The molecule has 2 aliphatic rings. The maximum Gasteiger partial charge on any atom is 0.0435 e. The minimum atomic E-state index is 0.993. The second-order valence-corrected chi connectivity index (χ2v) is 4.77. The summed E-state index contributed by atoms with van der Waals surface area (Å²) in [6.45, 7) is 4.65. The minimum Gasteiger partial charge on any atom is -0.398 e. The maximum atomic E-state index is 6.07. The summed E-state index contributed by atoms with van der Waals surface area (Å²) in [5.41, 5.74) is 12.9. The number of hydrogen-bond acceptors (Lipinski definition) is 2. The molecule has 2 aliphatic heterocycles. The van der Waals surface area contributed by atoms with Crippen molar-refractivity contribution in [2.45, 2.75) is 32.6 Å². The van der Waals surface area contributed by atoms with E-state index in [9.17, 15) is 0 Å². The van der Waals surface area contributed by atoms with Crippen LogP contribution in [0.5, 0.6) is 0 Å². The van der Waals surface area contributed by atoms with Gasteiger partial charge >= 0.3 is 0 Å². The van der Waals surface area contributed by atoms with Gasteiger partial charge in [-0.05, 0) is 55.4 Å². The highest BCUT2D eigenvalue weighted by atomic mass is 15.1. The summed E-state index contributed by atoms with van der Waals surface area (Å²) < 4.78 is 0. The Morgan fingerprint density at radius 1 is 1.20 bits per heavy atom. The van der Waals surface area contributed by atoms with Crippen molar-refractivity contribution < 1.29 is 0 Å². The van der Waals surface area contributed by atoms with Gasteiger partial charge in [-0.3, -0.25) is 0 Å². The summed E-state index contributed by atoms with van der Waals surface area (Å²) in [6.07, 6.45) is 5.00. The molecule has 2 nitrogen and oxygen atoms in total. The zero-order valence-electron chi connectivity index (χ0n) is 9.34. The number of rotatable bonds is 0. The van der Waals surface area contributed by atoms with E-state index in [1.165, 1.54) is 61.2 Å². The Morgan fingerprint density at radius 2 is 1.93 bits per heavy atom. The molecular weight excluding hydrogens is 184 g/mol. The number of nitrogen functional groups attached to an aromatic ring is 1. The zero-order chi connectivity index (χ0) is 10.4. The Kier molecular flexibility index (Phi) is 1.91. The third-order valence-electron chi connectivity index (χ3n) is 3.85. The van der Waals surface area contributed by atoms with Gasteiger partial charge < -0.3 is 10.6 Å². The van der Waals surface area contributed by atoms with Crippen LogP contribution < -0.4 is 10.6 Å². The lowest BCUT2D eigenvalue weighted by Gasteiger charge is -2.38. The van der Waals surface area contributed by atoms with Crippen LogP contribution in [0.1, 0.15) is 29.5 Å². The fraction of sp³-hybridized carbons (Fsp3) is 0.538. The van der Waals surface area contributed by atoms with Gasteiger partial charge in [0, 0.05) is 24.5 Å². The fourth-order valence-electron chi connectivity index (χ4n) is 3.04. The van der Waals surface area contributed by atoms with Gasteiger partial charge in [0.05, 0.1) is 0 Å². The number of nitrogens with zero attached hydrogens (tertiary/aromatic N) is 1. The lowest BCUT2D eigenvalue weighted by molar-refractivity contribution is 0.632. The highest BCUT2D eigenvalue weighted by molar-refractivity contribution is 5.71. The van der Waals surface area contributed by atoms with Crippen LogP contribution in [0, 0.1) is 6.92 Å². The first-order valence-electron chi connectivity index (χ1n) is 5.93. The van der Waals surface area contributed by atoms with E-state index >= 15 is 0 Å². The molecule has 0 saturated heterocycles. The molecule has 80 valence electrons. The molecule has 0 amide bonds. The Balaban J connectivity index is 2.25. The van der Waals surface area contributed by atoms with Crippen LogP contribution in [-0.2, 0) is 12.8 Å². The molecule has 2 heteroatoms. The highest BCUT2D eigenvalue weighted by Gasteiger charge is 2.25. The maximum absolute atomic E-state index is 6.07. The lowest BCUT2D eigenvalue weighted by atomic mass is 9.88. The molecule has 0 atom stereocenters. The third kappa shape index (κ3) is 1.24. The summed E-state index contributed by atoms with van der Waals surface area (Å²) in [5, 5.41) is 0. The van der Waals surface area contributed by atoms with Crippen molar-refractivity contribution in [3.05, 3.63) is 22.8 Å². The van der Waals surface area contributed by atoms with Crippen molar-refractivity contribution in [3.63, 3.8) is 0 Å². The van der Waals surface area contributed by atoms with Crippen molar-refractivity contribution in [1.82, 2.24) is 0 Å². The lowest BCUT2D eigenvalue weighted by Crippen LogP contribution is -2.35. The van der Waals surface area contributed by atoms with Crippen molar-refractivity contribution >= 4 is 11.4 Å². The van der Waals surface area contributed by atoms with Gasteiger partial charge in [0.2, 0.25) is 0 Å². The van der Waals surface area contributed by atoms with Gasteiger partial charge in [0.1, 0.15) is 0 Å². The monoisotopic (exact) mass is 202 g/mol. The van der Waals surface area contributed by atoms with Gasteiger partial charge in [-0.2, -0.15) is 0 Å². The van der Waals surface area contributed by atoms with Crippen LogP contribution in [0.3, 0.4) is 0 Å². The van der Waals surface area contributed by atoms with Crippen molar-refractivity contribution in [1.29, 1.82) is 0 Å². The Labute approximate surface area is 91.1 Å². The number of aryl methyl sites for hydroxylation is 1. The Bertz CT molecular complexity index is 407. The molecule has 0 saturated carbocycles. The Hall–Kier alpha value is -1.18. The molecule has 0 fully saturated rings. The van der Waals surface area contributed by atoms with E-state index in [1.54, 1.807) is 0 Å². The van der Waals surface area contributed by atoms with E-state index in [2.05, 4.69) is 17.9 Å². The topological polar surface area (TPSA) is 29.3 Å². The molecule has 1 aromatic rings. The summed E-state index contributed by atoms with van der Waals surface area (Å²) >= 11 is 0. The molecule has 0 unspecified atom stereocenters. The van der Waals surface area contributed by atoms with Gasteiger partial charge in [0.15, 0.2) is 0 Å². The molecule has 0 aliphatic carbocycles. The second-order valence-electron chi connectivity index (χ2n) is 4.77. The largest absolute Gasteiger partial charge is 0.398 e. The molecule has 0 spiro atoms. The highest BCUT2D eigenvalue weighted by Crippen LogP contribution is 2.39. The van der Waals surface area contributed by atoms with Gasteiger partial charge in [-0.25, -0.2) is 0 Å². The van der Waals surface area contributed by atoms with Gasteiger partial charge in [-0.1, -0.05) is 0 Å². The van der Waals surface area contributed by atoms with E-state index in [4.69, 9.17) is 5.73 Å².